The van der Waals surface area contributed by atoms with Crippen LogP contribution in [0, 0.1) is 17.1 Å². The number of halogens is 1. The molecule has 0 bridgehead atoms. The summed E-state index contributed by atoms with van der Waals surface area (Å²) in [6, 6.07) is 9.79. The van der Waals surface area contributed by atoms with E-state index in [1.165, 1.54) is 0 Å². The van der Waals surface area contributed by atoms with E-state index in [1.54, 1.807) is 24.3 Å². The third-order valence-electron chi connectivity index (χ3n) is 2.60. The second-order valence-corrected chi connectivity index (χ2v) is 4.02. The predicted molar refractivity (Wildman–Crippen MR) is 69.6 cm³/mol. The number of anilines is 1. The maximum Gasteiger partial charge on any atom is 0.339 e. The van der Waals surface area contributed by atoms with Crippen LogP contribution in [0.1, 0.15) is 21.5 Å². The van der Waals surface area contributed by atoms with Gasteiger partial charge in [-0.2, -0.15) is 5.26 Å². The Bertz CT molecular complexity index is 695. The van der Waals surface area contributed by atoms with Gasteiger partial charge in [0.25, 0.3) is 0 Å². The van der Waals surface area contributed by atoms with Crippen LogP contribution >= 0.6 is 0 Å². The highest BCUT2D eigenvalue weighted by Gasteiger charge is 2.12. The smallest absolute Gasteiger partial charge is 0.339 e. The van der Waals surface area contributed by atoms with Gasteiger partial charge in [-0.25, -0.2) is 14.2 Å². The number of nitrogens with zero attached hydrogens (tertiary/aromatic N) is 2. The zero-order chi connectivity index (χ0) is 14.5. The van der Waals surface area contributed by atoms with E-state index in [4.69, 9.17) is 10.4 Å². The van der Waals surface area contributed by atoms with E-state index in [2.05, 4.69) is 10.3 Å². The molecule has 2 N–H and O–H groups in total. The largest absolute Gasteiger partial charge is 0.478 e. The van der Waals surface area contributed by atoms with Crippen LogP contribution < -0.4 is 5.32 Å². The molecule has 0 spiro atoms. The lowest BCUT2D eigenvalue weighted by Gasteiger charge is -2.08. The fraction of sp³-hybridized carbons (Fsp3) is 0.0714. The number of hydrogen-bond acceptors (Lipinski definition) is 4. The Hall–Kier alpha value is -2.94. The van der Waals surface area contributed by atoms with E-state index in [0.29, 0.717) is 5.56 Å². The van der Waals surface area contributed by atoms with Crippen molar-refractivity contribution < 1.29 is 14.3 Å². The lowest BCUT2D eigenvalue weighted by atomic mass is 10.1. The maximum atomic E-state index is 13.0. The van der Waals surface area contributed by atoms with Crippen LogP contribution in [0.4, 0.5) is 10.2 Å². The molecule has 0 amide bonds. The number of carboxylic acid groups (broad SMARTS) is 1. The van der Waals surface area contributed by atoms with Crippen LogP contribution in [-0.4, -0.2) is 16.1 Å². The number of carboxylic acids is 1. The molecule has 0 radical (unpaired) electrons. The molecule has 0 atom stereocenters. The molecule has 0 aliphatic heterocycles. The maximum absolute atomic E-state index is 13.0. The number of rotatable bonds is 4. The SMILES string of the molecule is N#Cc1cccc(CNc2ncc(F)cc2C(=O)O)c1. The summed E-state index contributed by atoms with van der Waals surface area (Å²) in [5.74, 6) is -1.88. The fourth-order valence-electron chi connectivity index (χ4n) is 1.68. The standard InChI is InChI=1S/C14H10FN3O2/c15-11-5-12(14(19)20)13(18-8-11)17-7-10-3-1-2-9(4-10)6-16/h1-5,8H,7H2,(H,17,18)(H,19,20). The van der Waals surface area contributed by atoms with Crippen molar-refractivity contribution in [2.24, 2.45) is 0 Å². The summed E-state index contributed by atoms with van der Waals surface area (Å²) in [5, 5.41) is 20.6. The number of carbonyl (C=O) groups is 1. The highest BCUT2D eigenvalue weighted by atomic mass is 19.1. The summed E-state index contributed by atoms with van der Waals surface area (Å²) in [5.41, 5.74) is 1.07. The van der Waals surface area contributed by atoms with Gasteiger partial charge in [0.1, 0.15) is 17.2 Å². The second-order valence-electron chi connectivity index (χ2n) is 4.02. The zero-order valence-corrected chi connectivity index (χ0v) is 10.3. The summed E-state index contributed by atoms with van der Waals surface area (Å²) in [6.07, 6.45) is 0.945. The van der Waals surface area contributed by atoms with E-state index < -0.39 is 11.8 Å². The summed E-state index contributed by atoms with van der Waals surface area (Å²) in [4.78, 5) is 14.7. The van der Waals surface area contributed by atoms with Gasteiger partial charge in [-0.15, -0.1) is 0 Å². The molecule has 2 rings (SSSR count). The van der Waals surface area contributed by atoms with Crippen molar-refractivity contribution >= 4 is 11.8 Å². The summed E-state index contributed by atoms with van der Waals surface area (Å²) >= 11 is 0. The molecule has 2 aromatic rings. The molecule has 0 saturated carbocycles. The monoisotopic (exact) mass is 271 g/mol. The second kappa shape index (κ2) is 5.80. The minimum Gasteiger partial charge on any atom is -0.478 e. The lowest BCUT2D eigenvalue weighted by molar-refractivity contribution is 0.0697. The van der Waals surface area contributed by atoms with Gasteiger partial charge in [0.2, 0.25) is 0 Å². The van der Waals surface area contributed by atoms with E-state index in [1.807, 2.05) is 6.07 Å². The average molecular weight is 271 g/mol. The van der Waals surface area contributed by atoms with Gasteiger partial charge in [-0.05, 0) is 23.8 Å². The number of nitrogens with one attached hydrogen (secondary N) is 1. The average Bonchev–Trinajstić information content (AvgIpc) is 2.46. The van der Waals surface area contributed by atoms with Crippen LogP contribution in [0.3, 0.4) is 0 Å². The third-order valence-corrected chi connectivity index (χ3v) is 2.60. The van der Waals surface area contributed by atoms with E-state index in [-0.39, 0.29) is 17.9 Å². The molecule has 0 unspecified atom stereocenters. The molecule has 0 fully saturated rings. The van der Waals surface area contributed by atoms with Gasteiger partial charge in [0.15, 0.2) is 0 Å². The summed E-state index contributed by atoms with van der Waals surface area (Å²) in [6.45, 7) is 0.286. The topological polar surface area (TPSA) is 86.0 Å². The number of pyridine rings is 1. The highest BCUT2D eigenvalue weighted by molar-refractivity contribution is 5.93. The Morgan fingerprint density at radius 1 is 1.45 bits per heavy atom. The van der Waals surface area contributed by atoms with Gasteiger partial charge in [0.05, 0.1) is 17.8 Å². The Morgan fingerprint density at radius 3 is 2.95 bits per heavy atom. The molecule has 0 saturated heterocycles. The first-order valence-corrected chi connectivity index (χ1v) is 5.72. The molecule has 1 aromatic heterocycles. The first-order valence-electron chi connectivity index (χ1n) is 5.72. The number of nitriles is 1. The number of aromatic nitrogens is 1. The minimum atomic E-state index is -1.26. The molecule has 20 heavy (non-hydrogen) atoms. The van der Waals surface area contributed by atoms with Crippen LogP contribution in [-0.2, 0) is 6.54 Å². The molecular formula is C14H10FN3O2. The van der Waals surface area contributed by atoms with Crippen LogP contribution in [0.25, 0.3) is 0 Å². The van der Waals surface area contributed by atoms with Crippen molar-refractivity contribution in [3.63, 3.8) is 0 Å². The molecule has 1 aromatic carbocycles. The van der Waals surface area contributed by atoms with Crippen molar-refractivity contribution in [2.75, 3.05) is 5.32 Å². The first kappa shape index (κ1) is 13.5. The van der Waals surface area contributed by atoms with Gasteiger partial charge >= 0.3 is 5.97 Å². The van der Waals surface area contributed by atoms with E-state index in [0.717, 1.165) is 17.8 Å². The van der Waals surface area contributed by atoms with Crippen LogP contribution in [0.5, 0.6) is 0 Å². The van der Waals surface area contributed by atoms with Crippen molar-refractivity contribution in [1.82, 2.24) is 4.98 Å². The highest BCUT2D eigenvalue weighted by Crippen LogP contribution is 2.15. The molecule has 0 aliphatic carbocycles. The Morgan fingerprint density at radius 2 is 2.25 bits per heavy atom. The molecule has 100 valence electrons. The van der Waals surface area contributed by atoms with Gasteiger partial charge < -0.3 is 10.4 Å². The zero-order valence-electron chi connectivity index (χ0n) is 10.3. The number of hydrogen-bond donors (Lipinski definition) is 2. The van der Waals surface area contributed by atoms with Crippen LogP contribution in [0.2, 0.25) is 0 Å². The minimum absolute atomic E-state index is 0.0845. The first-order chi connectivity index (χ1) is 9.60. The molecule has 0 aliphatic rings. The van der Waals surface area contributed by atoms with Crippen molar-refractivity contribution in [3.8, 4) is 6.07 Å². The summed E-state index contributed by atoms with van der Waals surface area (Å²) in [7, 11) is 0. The third kappa shape index (κ3) is 3.09. The number of aromatic carboxylic acids is 1. The predicted octanol–water partition coefficient (Wildman–Crippen LogP) is 2.40. The van der Waals surface area contributed by atoms with Gasteiger partial charge in [-0.1, -0.05) is 12.1 Å². The molecule has 5 nitrogen and oxygen atoms in total. The normalized spacial score (nSPS) is 9.80. The quantitative estimate of drug-likeness (QED) is 0.891. The van der Waals surface area contributed by atoms with E-state index >= 15 is 0 Å². The molecule has 1 heterocycles. The van der Waals surface area contributed by atoms with Gasteiger partial charge in [0, 0.05) is 6.54 Å². The van der Waals surface area contributed by atoms with Crippen molar-refractivity contribution in [1.29, 1.82) is 5.26 Å². The summed E-state index contributed by atoms with van der Waals surface area (Å²) < 4.78 is 13.0. The van der Waals surface area contributed by atoms with Crippen molar-refractivity contribution in [2.45, 2.75) is 6.54 Å². The molecule has 6 heteroatoms. The number of benzene rings is 1. The van der Waals surface area contributed by atoms with Crippen LogP contribution in [0.15, 0.2) is 36.5 Å². The Labute approximate surface area is 114 Å². The van der Waals surface area contributed by atoms with E-state index in [9.17, 15) is 9.18 Å². The van der Waals surface area contributed by atoms with Crippen molar-refractivity contribution in [3.05, 3.63) is 59.0 Å². The lowest BCUT2D eigenvalue weighted by Crippen LogP contribution is -2.09. The van der Waals surface area contributed by atoms with Gasteiger partial charge in [-0.3, -0.25) is 0 Å². The molecular weight excluding hydrogens is 261 g/mol. The Balaban J connectivity index is 2.19. The Kier molecular flexibility index (Phi) is 3.91. The fourth-order valence-corrected chi connectivity index (χ4v) is 1.68.